The van der Waals surface area contributed by atoms with Crippen molar-refractivity contribution >= 4 is 0 Å². The quantitative estimate of drug-likeness (QED) is 0.889. The highest BCUT2D eigenvalue weighted by molar-refractivity contribution is 5.21. The maximum atomic E-state index is 12.6. The van der Waals surface area contributed by atoms with Crippen molar-refractivity contribution < 1.29 is 13.2 Å². The Labute approximate surface area is 97.8 Å². The van der Waals surface area contributed by atoms with Gasteiger partial charge in [-0.25, -0.2) is 0 Å². The Bertz CT molecular complexity index is 393. The van der Waals surface area contributed by atoms with Gasteiger partial charge >= 0.3 is 6.18 Å². The molecule has 0 radical (unpaired) electrons. The lowest BCUT2D eigenvalue weighted by Gasteiger charge is -2.14. The van der Waals surface area contributed by atoms with Crippen LogP contribution in [0.15, 0.2) is 6.07 Å². The van der Waals surface area contributed by atoms with Crippen LogP contribution in [0.25, 0.3) is 0 Å². The standard InChI is InChI=1S/C11H16F3N3/c1-7(4-5-15)17-9(8-2-3-8)6-10(16-17)11(12,13)14/h6-8H,2-5,15H2,1H3. The predicted octanol–water partition coefficient (Wildman–Crippen LogP) is 2.69. The van der Waals surface area contributed by atoms with Crippen molar-refractivity contribution in [3.63, 3.8) is 0 Å². The second-order valence-electron chi connectivity index (χ2n) is 4.60. The third-order valence-corrected chi connectivity index (χ3v) is 3.05. The number of nitrogens with two attached hydrogens (primary N) is 1. The molecular formula is C11H16F3N3. The lowest BCUT2D eigenvalue weighted by Crippen LogP contribution is -2.15. The molecule has 0 aromatic carbocycles. The Hall–Kier alpha value is -1.04. The van der Waals surface area contributed by atoms with E-state index in [4.69, 9.17) is 5.73 Å². The van der Waals surface area contributed by atoms with E-state index in [1.54, 1.807) is 0 Å². The van der Waals surface area contributed by atoms with Crippen LogP contribution >= 0.6 is 0 Å². The van der Waals surface area contributed by atoms with Gasteiger partial charge in [-0.05, 0) is 38.8 Å². The summed E-state index contributed by atoms with van der Waals surface area (Å²) in [4.78, 5) is 0. The maximum absolute atomic E-state index is 12.6. The molecule has 0 spiro atoms. The molecule has 2 N–H and O–H groups in total. The Kier molecular flexibility index (Phi) is 3.16. The molecule has 3 nitrogen and oxygen atoms in total. The SMILES string of the molecule is CC(CCN)n1nc(C(F)(F)F)cc1C1CC1. The van der Waals surface area contributed by atoms with Crippen LogP contribution in [0.4, 0.5) is 13.2 Å². The number of rotatable bonds is 4. The average molecular weight is 247 g/mol. The molecule has 1 saturated carbocycles. The highest BCUT2D eigenvalue weighted by Crippen LogP contribution is 2.43. The van der Waals surface area contributed by atoms with Gasteiger partial charge in [0.25, 0.3) is 0 Å². The molecule has 1 aliphatic rings. The first kappa shape index (κ1) is 12.4. The largest absolute Gasteiger partial charge is 0.435 e. The van der Waals surface area contributed by atoms with Crippen LogP contribution in [0.1, 0.15) is 49.5 Å². The van der Waals surface area contributed by atoms with Crippen LogP contribution in [0.5, 0.6) is 0 Å². The van der Waals surface area contributed by atoms with E-state index >= 15 is 0 Å². The van der Waals surface area contributed by atoms with E-state index in [9.17, 15) is 13.2 Å². The van der Waals surface area contributed by atoms with Crippen LogP contribution < -0.4 is 5.73 Å². The third-order valence-electron chi connectivity index (χ3n) is 3.05. The van der Waals surface area contributed by atoms with Gasteiger partial charge in [0.05, 0.1) is 6.04 Å². The summed E-state index contributed by atoms with van der Waals surface area (Å²) < 4.78 is 39.3. The topological polar surface area (TPSA) is 43.8 Å². The van der Waals surface area contributed by atoms with E-state index < -0.39 is 11.9 Å². The zero-order valence-electron chi connectivity index (χ0n) is 9.67. The molecule has 1 fully saturated rings. The number of alkyl halides is 3. The van der Waals surface area contributed by atoms with Crippen molar-refractivity contribution in [1.29, 1.82) is 0 Å². The molecule has 1 aromatic heterocycles. The molecule has 0 aliphatic heterocycles. The molecule has 1 aromatic rings. The molecule has 1 atom stereocenters. The molecule has 0 amide bonds. The van der Waals surface area contributed by atoms with Crippen LogP contribution in [0.2, 0.25) is 0 Å². The Balaban J connectivity index is 2.32. The Morgan fingerprint density at radius 3 is 2.65 bits per heavy atom. The lowest BCUT2D eigenvalue weighted by molar-refractivity contribution is -0.141. The normalized spacial score (nSPS) is 18.4. The van der Waals surface area contributed by atoms with E-state index in [2.05, 4.69) is 5.10 Å². The molecule has 0 bridgehead atoms. The van der Waals surface area contributed by atoms with Gasteiger partial charge in [-0.2, -0.15) is 18.3 Å². The van der Waals surface area contributed by atoms with Crippen LogP contribution in [0, 0.1) is 0 Å². The minimum atomic E-state index is -4.36. The first-order valence-corrected chi connectivity index (χ1v) is 5.80. The predicted molar refractivity (Wildman–Crippen MR) is 57.6 cm³/mol. The monoisotopic (exact) mass is 247 g/mol. The van der Waals surface area contributed by atoms with Crippen molar-refractivity contribution in [3.8, 4) is 0 Å². The van der Waals surface area contributed by atoms with E-state index in [0.29, 0.717) is 18.7 Å². The third kappa shape index (κ3) is 2.62. The summed E-state index contributed by atoms with van der Waals surface area (Å²) in [6.45, 7) is 2.30. The minimum Gasteiger partial charge on any atom is -0.330 e. The zero-order valence-corrected chi connectivity index (χ0v) is 9.67. The summed E-state index contributed by atoms with van der Waals surface area (Å²) in [5.41, 5.74) is 5.36. The number of hydrogen-bond donors (Lipinski definition) is 1. The van der Waals surface area contributed by atoms with Gasteiger partial charge in [0.1, 0.15) is 0 Å². The fourth-order valence-corrected chi connectivity index (χ4v) is 1.95. The first-order valence-electron chi connectivity index (χ1n) is 5.80. The Morgan fingerprint density at radius 1 is 1.53 bits per heavy atom. The van der Waals surface area contributed by atoms with Crippen molar-refractivity contribution in [3.05, 3.63) is 17.5 Å². The van der Waals surface area contributed by atoms with Crippen molar-refractivity contribution in [2.75, 3.05) is 6.54 Å². The molecule has 17 heavy (non-hydrogen) atoms. The molecule has 1 heterocycles. The zero-order chi connectivity index (χ0) is 12.6. The Morgan fingerprint density at radius 2 is 2.18 bits per heavy atom. The van der Waals surface area contributed by atoms with Gasteiger partial charge in [-0.1, -0.05) is 0 Å². The minimum absolute atomic E-state index is 0.0771. The molecule has 1 aliphatic carbocycles. The number of hydrogen-bond acceptors (Lipinski definition) is 2. The fourth-order valence-electron chi connectivity index (χ4n) is 1.95. The van der Waals surface area contributed by atoms with Crippen LogP contribution in [-0.4, -0.2) is 16.3 Å². The van der Waals surface area contributed by atoms with Crippen LogP contribution in [0.3, 0.4) is 0 Å². The summed E-state index contributed by atoms with van der Waals surface area (Å²) in [7, 11) is 0. The van der Waals surface area contributed by atoms with E-state index in [0.717, 1.165) is 12.8 Å². The van der Waals surface area contributed by atoms with E-state index in [1.807, 2.05) is 6.92 Å². The highest BCUT2D eigenvalue weighted by atomic mass is 19.4. The molecule has 1 unspecified atom stereocenters. The summed E-state index contributed by atoms with van der Waals surface area (Å²) in [5.74, 6) is 0.249. The lowest BCUT2D eigenvalue weighted by atomic mass is 10.2. The molecule has 6 heteroatoms. The van der Waals surface area contributed by atoms with E-state index in [-0.39, 0.29) is 12.0 Å². The summed E-state index contributed by atoms with van der Waals surface area (Å²) in [6.07, 6.45) is -1.81. The van der Waals surface area contributed by atoms with Gasteiger partial charge in [-0.3, -0.25) is 4.68 Å². The second kappa shape index (κ2) is 4.33. The number of nitrogens with zero attached hydrogens (tertiary/aromatic N) is 2. The van der Waals surface area contributed by atoms with Crippen molar-refractivity contribution in [2.45, 2.75) is 44.3 Å². The summed E-state index contributed by atoms with van der Waals surface area (Å²) in [5, 5.41) is 3.70. The molecule has 0 saturated heterocycles. The fraction of sp³-hybridized carbons (Fsp3) is 0.727. The maximum Gasteiger partial charge on any atom is 0.435 e. The second-order valence-corrected chi connectivity index (χ2v) is 4.60. The van der Waals surface area contributed by atoms with Gasteiger partial charge in [-0.15, -0.1) is 0 Å². The van der Waals surface area contributed by atoms with Crippen molar-refractivity contribution in [2.24, 2.45) is 5.73 Å². The molecule has 2 rings (SSSR count). The molecular weight excluding hydrogens is 231 g/mol. The van der Waals surface area contributed by atoms with Crippen LogP contribution in [-0.2, 0) is 6.18 Å². The smallest absolute Gasteiger partial charge is 0.330 e. The summed E-state index contributed by atoms with van der Waals surface area (Å²) in [6, 6.07) is 1.11. The summed E-state index contributed by atoms with van der Waals surface area (Å²) >= 11 is 0. The number of aromatic nitrogens is 2. The van der Waals surface area contributed by atoms with Gasteiger partial charge in [0.2, 0.25) is 0 Å². The van der Waals surface area contributed by atoms with Gasteiger partial charge in [0, 0.05) is 11.6 Å². The average Bonchev–Trinajstić information content (AvgIpc) is 2.95. The van der Waals surface area contributed by atoms with Gasteiger partial charge in [0.15, 0.2) is 5.69 Å². The van der Waals surface area contributed by atoms with E-state index in [1.165, 1.54) is 10.7 Å². The van der Waals surface area contributed by atoms with Gasteiger partial charge < -0.3 is 5.73 Å². The van der Waals surface area contributed by atoms with Crippen molar-refractivity contribution in [1.82, 2.24) is 9.78 Å². The highest BCUT2D eigenvalue weighted by Gasteiger charge is 2.38. The number of halogens is 3. The first-order chi connectivity index (χ1) is 7.93. The molecule has 96 valence electrons.